The van der Waals surface area contributed by atoms with Crippen molar-refractivity contribution in [3.63, 3.8) is 0 Å². The maximum atomic E-state index is 14.9. The summed E-state index contributed by atoms with van der Waals surface area (Å²) in [6.45, 7) is 8.58. The molecule has 0 unspecified atom stereocenters. The van der Waals surface area contributed by atoms with Gasteiger partial charge < -0.3 is 19.9 Å². The number of aryl methyl sites for hydroxylation is 1. The number of piperazine rings is 1. The van der Waals surface area contributed by atoms with Crippen molar-refractivity contribution in [2.75, 3.05) is 29.9 Å². The molecule has 9 heteroatoms. The molecular formula is C23H28ClFN6O. The van der Waals surface area contributed by atoms with Crippen LogP contribution in [0.25, 0.3) is 5.65 Å². The molecule has 2 fully saturated rings. The number of carbonyl (C=O) groups excluding carboxylic acids is 1. The molecular weight excluding hydrogens is 431 g/mol. The molecule has 7 nitrogen and oxygen atoms in total. The van der Waals surface area contributed by atoms with Gasteiger partial charge in [-0.25, -0.2) is 14.4 Å². The minimum absolute atomic E-state index is 0. The first-order valence-corrected chi connectivity index (χ1v) is 10.8. The fourth-order valence-corrected chi connectivity index (χ4v) is 4.27. The summed E-state index contributed by atoms with van der Waals surface area (Å²) in [6, 6.07) is 4.81. The van der Waals surface area contributed by atoms with Gasteiger partial charge >= 0.3 is 0 Å². The number of carbonyl (C=O) groups is 1. The van der Waals surface area contributed by atoms with Gasteiger partial charge in [0.1, 0.15) is 11.6 Å². The molecule has 1 amide bonds. The van der Waals surface area contributed by atoms with Crippen LogP contribution in [0, 0.1) is 12.7 Å². The molecule has 0 spiro atoms. The van der Waals surface area contributed by atoms with E-state index in [0.717, 1.165) is 55.2 Å². The summed E-state index contributed by atoms with van der Waals surface area (Å²) in [6.07, 6.45) is 5.78. The third kappa shape index (κ3) is 4.42. The molecule has 1 aliphatic carbocycles. The van der Waals surface area contributed by atoms with E-state index in [0.29, 0.717) is 11.7 Å². The number of halogens is 2. The molecule has 5 rings (SSSR count). The Bertz CT molecular complexity index is 1170. The van der Waals surface area contributed by atoms with Crippen LogP contribution in [0.15, 0.2) is 30.6 Å². The predicted octanol–water partition coefficient (Wildman–Crippen LogP) is 3.92. The van der Waals surface area contributed by atoms with Crippen molar-refractivity contribution in [3.8, 4) is 0 Å². The standard InChI is InChI=1S/C23H27FN6O.ClH/c1-14-11-30-12-19(27-20(15-4-5-15)21(30)26-14)28-22(31)17-7-6-16(10-18(17)24)29-9-8-25-23(2,3)13-29;/h6-7,10-12,15,25H,4-5,8-9,13H2,1-3H3,(H,28,31);1H. The Morgan fingerprint density at radius 3 is 2.72 bits per heavy atom. The SMILES string of the molecule is Cc1cn2cc(NC(=O)c3ccc(N4CCNC(C)(C)C4)cc3F)nc(C3CC3)c2n1.Cl. The molecule has 32 heavy (non-hydrogen) atoms. The number of anilines is 2. The molecule has 2 N–H and O–H groups in total. The zero-order chi connectivity index (χ0) is 21.8. The third-order valence-corrected chi connectivity index (χ3v) is 5.92. The Balaban J connectivity index is 0.00000245. The summed E-state index contributed by atoms with van der Waals surface area (Å²) >= 11 is 0. The highest BCUT2D eigenvalue weighted by atomic mass is 35.5. The summed E-state index contributed by atoms with van der Waals surface area (Å²) in [5.41, 5.74) is 3.36. The van der Waals surface area contributed by atoms with Gasteiger partial charge in [-0.3, -0.25) is 4.79 Å². The van der Waals surface area contributed by atoms with Crippen LogP contribution in [0.3, 0.4) is 0 Å². The van der Waals surface area contributed by atoms with Gasteiger partial charge in [0, 0.05) is 43.0 Å². The molecule has 2 aromatic heterocycles. The lowest BCUT2D eigenvalue weighted by Crippen LogP contribution is -2.57. The molecule has 1 saturated heterocycles. The molecule has 3 heterocycles. The monoisotopic (exact) mass is 458 g/mol. The Morgan fingerprint density at radius 1 is 1.25 bits per heavy atom. The zero-order valence-electron chi connectivity index (χ0n) is 18.5. The second-order valence-electron chi connectivity index (χ2n) is 9.25. The highest BCUT2D eigenvalue weighted by Crippen LogP contribution is 2.41. The average molecular weight is 459 g/mol. The first-order chi connectivity index (χ1) is 14.8. The lowest BCUT2D eigenvalue weighted by molar-refractivity contribution is 0.102. The Morgan fingerprint density at radius 2 is 2.03 bits per heavy atom. The summed E-state index contributed by atoms with van der Waals surface area (Å²) in [4.78, 5) is 24.1. The first-order valence-electron chi connectivity index (χ1n) is 10.8. The van der Waals surface area contributed by atoms with E-state index in [2.05, 4.69) is 39.3 Å². The van der Waals surface area contributed by atoms with E-state index in [9.17, 15) is 9.18 Å². The van der Waals surface area contributed by atoms with Crippen molar-refractivity contribution in [2.45, 2.75) is 45.1 Å². The molecule has 3 aromatic rings. The number of nitrogens with zero attached hydrogens (tertiary/aromatic N) is 4. The van der Waals surface area contributed by atoms with Gasteiger partial charge in [0.25, 0.3) is 5.91 Å². The fourth-order valence-electron chi connectivity index (χ4n) is 4.27. The number of hydrogen-bond donors (Lipinski definition) is 2. The molecule has 0 atom stereocenters. The second-order valence-corrected chi connectivity index (χ2v) is 9.25. The quantitative estimate of drug-likeness (QED) is 0.620. The van der Waals surface area contributed by atoms with Crippen LogP contribution in [0.5, 0.6) is 0 Å². The van der Waals surface area contributed by atoms with Crippen molar-refractivity contribution >= 4 is 35.5 Å². The second kappa shape index (κ2) is 8.33. The van der Waals surface area contributed by atoms with Gasteiger partial charge in [-0.15, -0.1) is 12.4 Å². The molecule has 0 radical (unpaired) electrons. The zero-order valence-corrected chi connectivity index (χ0v) is 19.3. The van der Waals surface area contributed by atoms with Gasteiger partial charge in [0.15, 0.2) is 5.65 Å². The van der Waals surface area contributed by atoms with E-state index in [1.54, 1.807) is 12.3 Å². The van der Waals surface area contributed by atoms with Crippen LogP contribution in [0.2, 0.25) is 0 Å². The number of rotatable bonds is 4. The van der Waals surface area contributed by atoms with Crippen LogP contribution >= 0.6 is 12.4 Å². The predicted molar refractivity (Wildman–Crippen MR) is 126 cm³/mol. The number of amides is 1. The Hall–Kier alpha value is -2.71. The number of hydrogen-bond acceptors (Lipinski definition) is 5. The minimum atomic E-state index is -0.534. The number of nitrogens with one attached hydrogen (secondary N) is 2. The molecule has 1 aliphatic heterocycles. The van der Waals surface area contributed by atoms with E-state index < -0.39 is 11.7 Å². The van der Waals surface area contributed by atoms with Gasteiger partial charge in [-0.2, -0.15) is 0 Å². The molecule has 1 aromatic carbocycles. The lowest BCUT2D eigenvalue weighted by atomic mass is 10.0. The van der Waals surface area contributed by atoms with E-state index in [4.69, 9.17) is 0 Å². The van der Waals surface area contributed by atoms with Crippen molar-refractivity contribution in [2.24, 2.45) is 0 Å². The summed E-state index contributed by atoms with van der Waals surface area (Å²) in [5.74, 6) is -0.256. The molecule has 1 saturated carbocycles. The van der Waals surface area contributed by atoms with E-state index in [1.165, 1.54) is 6.07 Å². The topological polar surface area (TPSA) is 74.6 Å². The van der Waals surface area contributed by atoms with Crippen molar-refractivity contribution < 1.29 is 9.18 Å². The van der Waals surface area contributed by atoms with Gasteiger partial charge in [0.2, 0.25) is 0 Å². The highest BCUT2D eigenvalue weighted by molar-refractivity contribution is 6.04. The lowest BCUT2D eigenvalue weighted by Gasteiger charge is -2.40. The number of aromatic nitrogens is 3. The van der Waals surface area contributed by atoms with Gasteiger partial charge in [-0.05, 0) is 51.8 Å². The van der Waals surface area contributed by atoms with Crippen molar-refractivity contribution in [1.82, 2.24) is 19.7 Å². The number of benzene rings is 1. The van der Waals surface area contributed by atoms with E-state index >= 15 is 0 Å². The van der Waals surface area contributed by atoms with Crippen molar-refractivity contribution in [3.05, 3.63) is 53.4 Å². The number of fused-ring (bicyclic) bond motifs is 1. The fraction of sp³-hybridized carbons (Fsp3) is 0.435. The molecule has 2 aliphatic rings. The minimum Gasteiger partial charge on any atom is -0.368 e. The summed E-state index contributed by atoms with van der Waals surface area (Å²) < 4.78 is 16.8. The van der Waals surface area contributed by atoms with Crippen molar-refractivity contribution in [1.29, 1.82) is 0 Å². The maximum Gasteiger partial charge on any atom is 0.259 e. The van der Waals surface area contributed by atoms with Gasteiger partial charge in [-0.1, -0.05) is 0 Å². The average Bonchev–Trinajstić information content (AvgIpc) is 3.47. The Kier molecular flexibility index (Phi) is 5.85. The number of imidazole rings is 1. The highest BCUT2D eigenvalue weighted by Gasteiger charge is 2.29. The normalized spacial score (nSPS) is 17.8. The van der Waals surface area contributed by atoms with Crippen LogP contribution in [-0.4, -0.2) is 45.4 Å². The van der Waals surface area contributed by atoms with Gasteiger partial charge in [0.05, 0.1) is 23.1 Å². The largest absolute Gasteiger partial charge is 0.368 e. The van der Waals surface area contributed by atoms with Crippen LogP contribution in [-0.2, 0) is 0 Å². The maximum absolute atomic E-state index is 14.9. The summed E-state index contributed by atoms with van der Waals surface area (Å²) in [5, 5.41) is 6.22. The molecule has 170 valence electrons. The summed E-state index contributed by atoms with van der Waals surface area (Å²) in [7, 11) is 0. The smallest absolute Gasteiger partial charge is 0.259 e. The van der Waals surface area contributed by atoms with Crippen LogP contribution < -0.4 is 15.5 Å². The van der Waals surface area contributed by atoms with Crippen LogP contribution in [0.1, 0.15) is 54.4 Å². The van der Waals surface area contributed by atoms with E-state index in [1.807, 2.05) is 23.6 Å². The first kappa shape index (κ1) is 22.5. The Labute approximate surface area is 192 Å². The van der Waals surface area contributed by atoms with E-state index in [-0.39, 0.29) is 23.5 Å². The van der Waals surface area contributed by atoms with Crippen LogP contribution in [0.4, 0.5) is 15.9 Å². The molecule has 0 bridgehead atoms. The third-order valence-electron chi connectivity index (χ3n) is 5.92.